The maximum Gasteiger partial charge on any atom is 0.276 e. The molecule has 5 rings (SSSR count). The molecule has 7 heteroatoms. The molecule has 2 aliphatic heterocycles. The predicted molar refractivity (Wildman–Crippen MR) is 132 cm³/mol. The fraction of sp³-hybridized carbons (Fsp3) is 0.346. The lowest BCUT2D eigenvalue weighted by Crippen LogP contribution is -2.34. The van der Waals surface area contributed by atoms with E-state index in [9.17, 15) is 9.59 Å². The summed E-state index contributed by atoms with van der Waals surface area (Å²) in [6.45, 7) is 5.51. The van der Waals surface area contributed by atoms with Crippen LogP contribution < -0.4 is 9.80 Å². The van der Waals surface area contributed by atoms with Crippen molar-refractivity contribution in [3.8, 4) is 10.4 Å². The number of carbonyl (C=O) groups excluding carboxylic acids is 2. The van der Waals surface area contributed by atoms with Crippen LogP contribution in [0.3, 0.4) is 0 Å². The van der Waals surface area contributed by atoms with Crippen LogP contribution in [0.25, 0.3) is 10.4 Å². The number of ketones is 1. The zero-order chi connectivity index (χ0) is 22.8. The molecule has 0 atom stereocenters. The van der Waals surface area contributed by atoms with Gasteiger partial charge in [0, 0.05) is 43.1 Å². The second-order valence-corrected chi connectivity index (χ2v) is 9.35. The number of anilines is 2. The Balaban J connectivity index is 1.48. The van der Waals surface area contributed by atoms with Gasteiger partial charge in [-0.25, -0.2) is 4.98 Å². The van der Waals surface area contributed by atoms with Crippen molar-refractivity contribution >= 4 is 34.5 Å². The summed E-state index contributed by atoms with van der Waals surface area (Å²) in [5.74, 6) is 0.880. The van der Waals surface area contributed by atoms with Crippen molar-refractivity contribution in [1.82, 2.24) is 4.98 Å². The molecular formula is C26H27N3O3S. The summed E-state index contributed by atoms with van der Waals surface area (Å²) in [7, 11) is 0. The van der Waals surface area contributed by atoms with Crippen LogP contribution >= 0.6 is 11.3 Å². The van der Waals surface area contributed by atoms with Crippen LogP contribution in [-0.4, -0.2) is 49.5 Å². The summed E-state index contributed by atoms with van der Waals surface area (Å²) in [5.41, 5.74) is 3.44. The molecule has 3 aromatic rings. The first-order chi connectivity index (χ1) is 16.2. The molecule has 6 nitrogen and oxygen atoms in total. The minimum absolute atomic E-state index is 0.101. The Bertz CT molecular complexity index is 1180. The Kier molecular flexibility index (Phi) is 6.24. The van der Waals surface area contributed by atoms with Gasteiger partial charge in [0.2, 0.25) is 0 Å². The molecule has 0 saturated carbocycles. The summed E-state index contributed by atoms with van der Waals surface area (Å²) < 4.78 is 5.56. The number of rotatable bonds is 4. The van der Waals surface area contributed by atoms with Crippen molar-refractivity contribution in [2.45, 2.75) is 26.2 Å². The number of amides is 1. The number of hydrogen-bond donors (Lipinski definition) is 0. The minimum Gasteiger partial charge on any atom is -0.380 e. The minimum atomic E-state index is -0.101. The number of ether oxygens (including phenoxy) is 1. The van der Waals surface area contributed by atoms with Crippen LogP contribution in [0.15, 0.2) is 48.5 Å². The van der Waals surface area contributed by atoms with Gasteiger partial charge in [0.05, 0.1) is 17.2 Å². The van der Waals surface area contributed by atoms with Crippen LogP contribution in [0.1, 0.15) is 45.5 Å². The van der Waals surface area contributed by atoms with Crippen molar-refractivity contribution < 1.29 is 14.3 Å². The van der Waals surface area contributed by atoms with Crippen LogP contribution in [0, 0.1) is 0 Å². The highest BCUT2D eigenvalue weighted by Gasteiger charge is 2.28. The Morgan fingerprint density at radius 3 is 2.82 bits per heavy atom. The van der Waals surface area contributed by atoms with Crippen molar-refractivity contribution in [2.75, 3.05) is 42.6 Å². The number of carbonyl (C=O) groups is 2. The Morgan fingerprint density at radius 2 is 1.94 bits per heavy atom. The number of pyridine rings is 1. The molecule has 1 fully saturated rings. The lowest BCUT2D eigenvalue weighted by Gasteiger charge is -2.24. The highest BCUT2D eigenvalue weighted by molar-refractivity contribution is 7.17. The first-order valence-corrected chi connectivity index (χ1v) is 12.3. The van der Waals surface area contributed by atoms with Gasteiger partial charge in [0.1, 0.15) is 11.5 Å². The molecule has 33 heavy (non-hydrogen) atoms. The number of Topliss-reactive ketones (excluding diaryl/α,β-unsaturated/α-hetero) is 1. The molecule has 4 heterocycles. The molecule has 0 radical (unpaired) electrons. The number of para-hydroxylation sites is 1. The van der Waals surface area contributed by atoms with Crippen molar-refractivity contribution in [2.24, 2.45) is 0 Å². The molecule has 1 amide bonds. The maximum atomic E-state index is 13.7. The second kappa shape index (κ2) is 9.45. The standard InChI is InChI=1S/C26H27N3O3S/c1-2-22(30)23-17-18-11-13-29(21-9-4-3-7-19(21)25(18)33-23)26(31)20-8-5-10-24(27-20)28-12-6-15-32-16-14-28/h3-5,7-10,17H,2,6,11-16H2,1H3. The van der Waals surface area contributed by atoms with Gasteiger partial charge >= 0.3 is 0 Å². The van der Waals surface area contributed by atoms with Crippen LogP contribution in [0.2, 0.25) is 0 Å². The summed E-state index contributed by atoms with van der Waals surface area (Å²) in [5, 5.41) is 0. The van der Waals surface area contributed by atoms with E-state index >= 15 is 0 Å². The number of aromatic nitrogens is 1. The largest absolute Gasteiger partial charge is 0.380 e. The first kappa shape index (κ1) is 21.8. The third-order valence-electron chi connectivity index (χ3n) is 6.19. The van der Waals surface area contributed by atoms with Crippen molar-refractivity contribution in [3.63, 3.8) is 0 Å². The van der Waals surface area contributed by atoms with E-state index in [0.29, 0.717) is 31.7 Å². The second-order valence-electron chi connectivity index (χ2n) is 8.30. The van der Waals surface area contributed by atoms with E-state index in [1.807, 2.05) is 54.3 Å². The highest BCUT2D eigenvalue weighted by atomic mass is 32.1. The zero-order valence-corrected chi connectivity index (χ0v) is 19.6. The van der Waals surface area contributed by atoms with E-state index in [4.69, 9.17) is 9.72 Å². The van der Waals surface area contributed by atoms with Gasteiger partial charge in [-0.15, -0.1) is 11.3 Å². The van der Waals surface area contributed by atoms with Crippen LogP contribution in [0.4, 0.5) is 11.5 Å². The summed E-state index contributed by atoms with van der Waals surface area (Å²) >= 11 is 1.54. The van der Waals surface area contributed by atoms with Gasteiger partial charge in [-0.1, -0.05) is 31.2 Å². The SMILES string of the molecule is CCC(=O)c1cc2c(s1)-c1ccccc1N(C(=O)c1cccc(N3CCCOCC3)n1)CC2. The molecule has 0 bridgehead atoms. The molecular weight excluding hydrogens is 434 g/mol. The van der Waals surface area contributed by atoms with E-state index in [2.05, 4.69) is 4.90 Å². The fourth-order valence-electron chi connectivity index (χ4n) is 4.45. The number of thiophene rings is 1. The molecule has 170 valence electrons. The quantitative estimate of drug-likeness (QED) is 0.521. The lowest BCUT2D eigenvalue weighted by molar-refractivity contribution is 0.0977. The summed E-state index contributed by atoms with van der Waals surface area (Å²) in [6.07, 6.45) is 2.15. The smallest absolute Gasteiger partial charge is 0.276 e. The Hall–Kier alpha value is -3.03. The molecule has 0 unspecified atom stereocenters. The van der Waals surface area contributed by atoms with Gasteiger partial charge in [0.25, 0.3) is 5.91 Å². The van der Waals surface area contributed by atoms with Crippen molar-refractivity contribution in [1.29, 1.82) is 0 Å². The average molecular weight is 462 g/mol. The van der Waals surface area contributed by atoms with E-state index in [1.165, 1.54) is 11.3 Å². The van der Waals surface area contributed by atoms with Gasteiger partial charge in [-0.3, -0.25) is 9.59 Å². The molecule has 0 N–H and O–H groups in total. The first-order valence-electron chi connectivity index (χ1n) is 11.5. The topological polar surface area (TPSA) is 62.7 Å². The number of hydrogen-bond acceptors (Lipinski definition) is 6. The number of nitrogens with zero attached hydrogens (tertiary/aromatic N) is 3. The fourth-order valence-corrected chi connectivity index (χ4v) is 5.70. The monoisotopic (exact) mass is 461 g/mol. The molecule has 1 aromatic carbocycles. The van der Waals surface area contributed by atoms with E-state index in [0.717, 1.165) is 58.5 Å². The number of fused-ring (bicyclic) bond motifs is 3. The predicted octanol–water partition coefficient (Wildman–Crippen LogP) is 4.83. The molecule has 2 aromatic heterocycles. The summed E-state index contributed by atoms with van der Waals surface area (Å²) in [6, 6.07) is 15.6. The average Bonchev–Trinajstić information content (AvgIpc) is 3.01. The highest BCUT2D eigenvalue weighted by Crippen LogP contribution is 2.42. The third-order valence-corrected chi connectivity index (χ3v) is 7.45. The van der Waals surface area contributed by atoms with Gasteiger partial charge < -0.3 is 14.5 Å². The van der Waals surface area contributed by atoms with Crippen LogP contribution in [0.5, 0.6) is 0 Å². The number of benzene rings is 1. The molecule has 1 saturated heterocycles. The van der Waals surface area contributed by atoms with Gasteiger partial charge in [0.15, 0.2) is 5.78 Å². The Labute approximate surface area is 197 Å². The summed E-state index contributed by atoms with van der Waals surface area (Å²) in [4.78, 5) is 36.6. The van der Waals surface area contributed by atoms with Crippen molar-refractivity contribution in [3.05, 3.63) is 64.7 Å². The van der Waals surface area contributed by atoms with E-state index in [-0.39, 0.29) is 11.7 Å². The maximum absolute atomic E-state index is 13.7. The van der Waals surface area contributed by atoms with Gasteiger partial charge in [-0.2, -0.15) is 0 Å². The third kappa shape index (κ3) is 4.30. The lowest BCUT2D eigenvalue weighted by atomic mass is 10.1. The Morgan fingerprint density at radius 1 is 1.06 bits per heavy atom. The normalized spacial score (nSPS) is 15.9. The molecule has 0 spiro atoms. The van der Waals surface area contributed by atoms with E-state index < -0.39 is 0 Å². The van der Waals surface area contributed by atoms with Gasteiger partial charge in [-0.05, 0) is 42.7 Å². The molecule has 0 aliphatic carbocycles. The zero-order valence-electron chi connectivity index (χ0n) is 18.8. The van der Waals surface area contributed by atoms with E-state index in [1.54, 1.807) is 6.07 Å². The van der Waals surface area contributed by atoms with Crippen LogP contribution in [-0.2, 0) is 11.2 Å². The molecule has 2 aliphatic rings.